The first-order chi connectivity index (χ1) is 14.7. The Balaban J connectivity index is 1.63. The zero-order valence-electron chi connectivity index (χ0n) is 17.0. The van der Waals surface area contributed by atoms with Gasteiger partial charge < -0.3 is 15.4 Å². The van der Waals surface area contributed by atoms with E-state index in [1.807, 2.05) is 79.7 Å². The highest BCUT2D eigenvalue weighted by Crippen LogP contribution is 2.24. The first kappa shape index (κ1) is 21.1. The highest BCUT2D eigenvalue weighted by Gasteiger charge is 2.17. The predicted octanol–water partition coefficient (Wildman–Crippen LogP) is 4.11. The van der Waals surface area contributed by atoms with Crippen LogP contribution in [-0.4, -0.2) is 25.0 Å². The lowest BCUT2D eigenvalue weighted by Crippen LogP contribution is -2.33. The number of hydrogen-bond donors (Lipinski definition) is 2. The highest BCUT2D eigenvalue weighted by molar-refractivity contribution is 5.94. The summed E-state index contributed by atoms with van der Waals surface area (Å²) < 4.78 is 5.51. The first-order valence-corrected chi connectivity index (χ1v) is 10.1. The molecular weight excluding hydrogens is 376 g/mol. The second-order valence-corrected chi connectivity index (χ2v) is 6.79. The topological polar surface area (TPSA) is 67.4 Å². The van der Waals surface area contributed by atoms with Gasteiger partial charge in [0.15, 0.2) is 0 Å². The van der Waals surface area contributed by atoms with E-state index in [0.29, 0.717) is 12.2 Å². The molecule has 0 spiro atoms. The van der Waals surface area contributed by atoms with Crippen molar-refractivity contribution in [2.24, 2.45) is 0 Å². The van der Waals surface area contributed by atoms with Crippen LogP contribution in [0.3, 0.4) is 0 Å². The summed E-state index contributed by atoms with van der Waals surface area (Å²) in [5.41, 5.74) is 2.53. The first-order valence-electron chi connectivity index (χ1n) is 10.1. The van der Waals surface area contributed by atoms with E-state index in [1.165, 1.54) is 0 Å². The van der Waals surface area contributed by atoms with Gasteiger partial charge in [-0.1, -0.05) is 60.7 Å². The van der Waals surface area contributed by atoms with E-state index < -0.39 is 0 Å². The van der Waals surface area contributed by atoms with Crippen LogP contribution in [0.2, 0.25) is 0 Å². The Hall–Kier alpha value is -3.60. The second-order valence-electron chi connectivity index (χ2n) is 6.79. The molecule has 0 radical (unpaired) electrons. The molecule has 0 aliphatic rings. The van der Waals surface area contributed by atoms with Gasteiger partial charge in [-0.05, 0) is 42.3 Å². The number of amides is 2. The van der Waals surface area contributed by atoms with Crippen molar-refractivity contribution in [2.45, 2.75) is 19.4 Å². The Kier molecular flexibility index (Phi) is 7.61. The average molecular weight is 402 g/mol. The Morgan fingerprint density at radius 2 is 1.43 bits per heavy atom. The van der Waals surface area contributed by atoms with Gasteiger partial charge in [-0.3, -0.25) is 9.59 Å². The molecule has 0 fully saturated rings. The number of rotatable bonds is 9. The molecule has 154 valence electrons. The molecule has 0 saturated carbocycles. The summed E-state index contributed by atoms with van der Waals surface area (Å²) in [5, 5.41) is 5.87. The fraction of sp³-hybridized carbons (Fsp3) is 0.200. The maximum atomic E-state index is 12.6. The number of benzene rings is 3. The van der Waals surface area contributed by atoms with Crippen molar-refractivity contribution in [2.75, 3.05) is 13.2 Å². The second kappa shape index (κ2) is 10.8. The standard InChI is InChI=1S/C25H26N2O3/c1-2-30-22-15-13-20(14-16-22)24(19-9-5-3-6-10-19)27-23(28)17-18-26-25(29)21-11-7-4-8-12-21/h3-16,24H,2,17-18H2,1H3,(H,26,29)(H,27,28)/t24-/m0/s1. The van der Waals surface area contributed by atoms with Crippen molar-refractivity contribution in [1.82, 2.24) is 10.6 Å². The fourth-order valence-electron chi connectivity index (χ4n) is 3.14. The third-order valence-electron chi connectivity index (χ3n) is 4.64. The fourth-order valence-corrected chi connectivity index (χ4v) is 3.14. The minimum Gasteiger partial charge on any atom is -0.494 e. The van der Waals surface area contributed by atoms with Crippen LogP contribution in [0.1, 0.15) is 40.9 Å². The summed E-state index contributed by atoms with van der Waals surface area (Å²) in [5.74, 6) is 0.476. The van der Waals surface area contributed by atoms with E-state index in [4.69, 9.17) is 4.74 Å². The van der Waals surface area contributed by atoms with Crippen LogP contribution >= 0.6 is 0 Å². The van der Waals surface area contributed by atoms with Gasteiger partial charge in [-0.15, -0.1) is 0 Å². The van der Waals surface area contributed by atoms with Crippen molar-refractivity contribution < 1.29 is 14.3 Å². The number of ether oxygens (including phenoxy) is 1. The summed E-state index contributed by atoms with van der Waals surface area (Å²) >= 11 is 0. The molecule has 1 atom stereocenters. The lowest BCUT2D eigenvalue weighted by atomic mass is 9.98. The molecule has 2 N–H and O–H groups in total. The molecule has 0 saturated heterocycles. The maximum Gasteiger partial charge on any atom is 0.251 e. The van der Waals surface area contributed by atoms with Crippen LogP contribution in [-0.2, 0) is 4.79 Å². The Morgan fingerprint density at radius 1 is 0.833 bits per heavy atom. The number of carbonyl (C=O) groups is 2. The van der Waals surface area contributed by atoms with E-state index in [2.05, 4.69) is 10.6 Å². The molecule has 0 aliphatic heterocycles. The normalized spacial score (nSPS) is 11.4. The third kappa shape index (κ3) is 5.95. The number of carbonyl (C=O) groups excluding carboxylic acids is 2. The average Bonchev–Trinajstić information content (AvgIpc) is 2.79. The maximum absolute atomic E-state index is 12.6. The molecule has 3 rings (SSSR count). The minimum atomic E-state index is -0.279. The molecule has 0 bridgehead atoms. The van der Waals surface area contributed by atoms with Crippen molar-refractivity contribution in [3.63, 3.8) is 0 Å². The molecule has 0 unspecified atom stereocenters. The molecule has 5 nitrogen and oxygen atoms in total. The third-order valence-corrected chi connectivity index (χ3v) is 4.64. The Bertz CT molecular complexity index is 941. The summed E-state index contributed by atoms with van der Waals surface area (Å²) in [7, 11) is 0. The van der Waals surface area contributed by atoms with Gasteiger partial charge in [0, 0.05) is 18.5 Å². The van der Waals surface area contributed by atoms with Crippen molar-refractivity contribution >= 4 is 11.8 Å². The highest BCUT2D eigenvalue weighted by atomic mass is 16.5. The quantitative estimate of drug-likeness (QED) is 0.566. The van der Waals surface area contributed by atoms with Crippen LogP contribution in [0.4, 0.5) is 0 Å². The largest absolute Gasteiger partial charge is 0.494 e. The summed E-state index contributed by atoms with van der Waals surface area (Å²) in [6, 6.07) is 26.2. The van der Waals surface area contributed by atoms with Gasteiger partial charge in [0.1, 0.15) is 5.75 Å². The molecule has 30 heavy (non-hydrogen) atoms. The Morgan fingerprint density at radius 3 is 2.07 bits per heavy atom. The van der Waals surface area contributed by atoms with Crippen LogP contribution in [0.15, 0.2) is 84.9 Å². The van der Waals surface area contributed by atoms with Crippen LogP contribution in [0.25, 0.3) is 0 Å². The van der Waals surface area contributed by atoms with E-state index in [1.54, 1.807) is 12.1 Å². The minimum absolute atomic E-state index is 0.133. The smallest absolute Gasteiger partial charge is 0.251 e. The van der Waals surface area contributed by atoms with Gasteiger partial charge >= 0.3 is 0 Å². The van der Waals surface area contributed by atoms with E-state index in [-0.39, 0.29) is 30.8 Å². The van der Waals surface area contributed by atoms with Gasteiger partial charge in [-0.2, -0.15) is 0 Å². The van der Waals surface area contributed by atoms with E-state index in [9.17, 15) is 9.59 Å². The molecule has 3 aromatic rings. The van der Waals surface area contributed by atoms with Gasteiger partial charge in [-0.25, -0.2) is 0 Å². The van der Waals surface area contributed by atoms with Gasteiger partial charge in [0.25, 0.3) is 5.91 Å². The molecular formula is C25H26N2O3. The molecule has 5 heteroatoms. The van der Waals surface area contributed by atoms with E-state index >= 15 is 0 Å². The SMILES string of the molecule is CCOc1ccc([C@@H](NC(=O)CCNC(=O)c2ccccc2)c2ccccc2)cc1. The number of hydrogen-bond acceptors (Lipinski definition) is 3. The van der Waals surface area contributed by atoms with Crippen LogP contribution in [0.5, 0.6) is 5.75 Å². The number of nitrogens with one attached hydrogen (secondary N) is 2. The predicted molar refractivity (Wildman–Crippen MR) is 117 cm³/mol. The van der Waals surface area contributed by atoms with Gasteiger partial charge in [0.2, 0.25) is 5.91 Å². The lowest BCUT2D eigenvalue weighted by Gasteiger charge is -2.20. The Labute approximate surface area is 177 Å². The molecule has 3 aromatic carbocycles. The zero-order valence-corrected chi connectivity index (χ0v) is 17.0. The molecule has 0 aliphatic carbocycles. The molecule has 0 aromatic heterocycles. The molecule has 2 amide bonds. The van der Waals surface area contributed by atoms with Crippen molar-refractivity contribution in [1.29, 1.82) is 0 Å². The van der Waals surface area contributed by atoms with Crippen molar-refractivity contribution in [3.05, 3.63) is 102 Å². The summed E-state index contributed by atoms with van der Waals surface area (Å²) in [6.45, 7) is 2.81. The van der Waals surface area contributed by atoms with E-state index in [0.717, 1.165) is 16.9 Å². The zero-order chi connectivity index (χ0) is 21.2. The summed E-state index contributed by atoms with van der Waals surface area (Å²) in [6.07, 6.45) is 0.193. The lowest BCUT2D eigenvalue weighted by molar-refractivity contribution is -0.121. The van der Waals surface area contributed by atoms with Gasteiger partial charge in [0.05, 0.1) is 12.6 Å². The monoisotopic (exact) mass is 402 g/mol. The van der Waals surface area contributed by atoms with Crippen molar-refractivity contribution in [3.8, 4) is 5.75 Å². The van der Waals surface area contributed by atoms with Crippen LogP contribution in [0, 0.1) is 0 Å². The molecule has 0 heterocycles. The summed E-state index contributed by atoms with van der Waals surface area (Å²) in [4.78, 5) is 24.7. The van der Waals surface area contributed by atoms with Crippen LogP contribution < -0.4 is 15.4 Å².